The first-order chi connectivity index (χ1) is 13.7. The number of imidazole rings is 1. The second-order valence-electron chi connectivity index (χ2n) is 6.59. The topological polar surface area (TPSA) is 43.6 Å². The summed E-state index contributed by atoms with van der Waals surface area (Å²) in [5, 5.41) is 0. The van der Waals surface area contributed by atoms with Gasteiger partial charge in [-0.1, -0.05) is 30.3 Å². The van der Waals surface area contributed by atoms with E-state index in [1.807, 2.05) is 47.0 Å². The number of halogens is 1. The zero-order valence-corrected chi connectivity index (χ0v) is 15.2. The normalized spacial score (nSPS) is 10.9. The summed E-state index contributed by atoms with van der Waals surface area (Å²) in [5.74, 6) is 0.500. The molecule has 0 radical (unpaired) electrons. The molecule has 0 fully saturated rings. The molecule has 0 amide bonds. The van der Waals surface area contributed by atoms with Crippen LogP contribution in [0.3, 0.4) is 0 Å². The van der Waals surface area contributed by atoms with Gasteiger partial charge >= 0.3 is 0 Å². The Bertz CT molecular complexity index is 1100. The summed E-state index contributed by atoms with van der Waals surface area (Å²) in [6, 6.07) is 17.8. The molecular weight excluding hydrogens is 355 g/mol. The van der Waals surface area contributed by atoms with E-state index in [9.17, 15) is 9.18 Å². The fourth-order valence-corrected chi connectivity index (χ4v) is 3.02. The maximum Gasteiger partial charge on any atom is 0.163 e. The predicted molar refractivity (Wildman–Crippen MR) is 105 cm³/mol. The fourth-order valence-electron chi connectivity index (χ4n) is 3.02. The number of aromatic nitrogens is 2. The summed E-state index contributed by atoms with van der Waals surface area (Å²) in [6.45, 7) is 0.182. The molecule has 4 aromatic rings. The molecule has 0 saturated heterocycles. The Kier molecular flexibility index (Phi) is 5.15. The third-order valence-corrected chi connectivity index (χ3v) is 4.65. The van der Waals surface area contributed by atoms with Gasteiger partial charge < -0.3 is 9.14 Å². The van der Waals surface area contributed by atoms with Crippen LogP contribution in [0.5, 0.6) is 5.75 Å². The highest BCUT2D eigenvalue weighted by molar-refractivity contribution is 5.97. The Morgan fingerprint density at radius 2 is 1.89 bits per heavy atom. The van der Waals surface area contributed by atoms with Crippen LogP contribution in [-0.4, -0.2) is 15.2 Å². The lowest BCUT2D eigenvalue weighted by Gasteiger charge is -2.08. The van der Waals surface area contributed by atoms with Gasteiger partial charge in [0, 0.05) is 23.7 Å². The lowest BCUT2D eigenvalue weighted by atomic mass is 10.0. The minimum atomic E-state index is -0.272. The molecule has 0 aliphatic rings. The molecule has 0 spiro atoms. The number of pyridine rings is 1. The van der Waals surface area contributed by atoms with E-state index in [0.717, 1.165) is 11.1 Å². The number of Topliss-reactive ketones (excluding diaryl/α,β-unsaturated/α-hetero) is 1. The van der Waals surface area contributed by atoms with Gasteiger partial charge in [-0.05, 0) is 42.3 Å². The zero-order chi connectivity index (χ0) is 19.3. The Morgan fingerprint density at radius 1 is 1.07 bits per heavy atom. The van der Waals surface area contributed by atoms with Gasteiger partial charge in [-0.25, -0.2) is 9.37 Å². The molecule has 2 aromatic heterocycles. The summed E-state index contributed by atoms with van der Waals surface area (Å²) in [5.41, 5.74) is 3.17. The van der Waals surface area contributed by atoms with Crippen molar-refractivity contribution in [1.82, 2.24) is 9.38 Å². The van der Waals surface area contributed by atoms with Gasteiger partial charge in [0.2, 0.25) is 0 Å². The highest BCUT2D eigenvalue weighted by atomic mass is 19.1. The van der Waals surface area contributed by atoms with E-state index in [1.165, 1.54) is 6.07 Å². The molecular formula is C23H19FN2O2. The SMILES string of the molecule is O=C(CCc1ccc(OCc2ccccc2F)cc1)c1ccn2cncc2c1. The first kappa shape index (κ1) is 17.9. The highest BCUT2D eigenvalue weighted by Gasteiger charge is 2.08. The number of nitrogens with zero attached hydrogens (tertiary/aromatic N) is 2. The fraction of sp³-hybridized carbons (Fsp3) is 0.130. The number of benzene rings is 2. The molecule has 4 rings (SSSR count). The third kappa shape index (κ3) is 4.09. The summed E-state index contributed by atoms with van der Waals surface area (Å²) in [6.07, 6.45) is 6.37. The van der Waals surface area contributed by atoms with Crippen molar-refractivity contribution in [3.05, 3.63) is 102 Å². The van der Waals surface area contributed by atoms with Crippen LogP contribution in [0.4, 0.5) is 4.39 Å². The number of carbonyl (C=O) groups excluding carboxylic acids is 1. The van der Waals surface area contributed by atoms with Gasteiger partial charge in [0.05, 0.1) is 18.0 Å². The van der Waals surface area contributed by atoms with Crippen molar-refractivity contribution in [3.63, 3.8) is 0 Å². The minimum absolute atomic E-state index is 0.101. The summed E-state index contributed by atoms with van der Waals surface area (Å²) < 4.78 is 21.1. The van der Waals surface area contributed by atoms with Crippen LogP contribution in [0.25, 0.3) is 5.52 Å². The van der Waals surface area contributed by atoms with Crippen molar-refractivity contribution in [2.24, 2.45) is 0 Å². The number of carbonyl (C=O) groups is 1. The molecule has 0 bridgehead atoms. The highest BCUT2D eigenvalue weighted by Crippen LogP contribution is 2.17. The maximum absolute atomic E-state index is 13.6. The molecule has 2 heterocycles. The van der Waals surface area contributed by atoms with Gasteiger partial charge in [-0.2, -0.15) is 0 Å². The van der Waals surface area contributed by atoms with Crippen molar-refractivity contribution in [1.29, 1.82) is 0 Å². The van der Waals surface area contributed by atoms with Gasteiger partial charge in [-0.3, -0.25) is 4.79 Å². The third-order valence-electron chi connectivity index (χ3n) is 4.65. The molecule has 2 aromatic carbocycles. The molecule has 0 aliphatic carbocycles. The van der Waals surface area contributed by atoms with Crippen molar-refractivity contribution in [2.45, 2.75) is 19.4 Å². The second-order valence-corrected chi connectivity index (χ2v) is 6.59. The number of hydrogen-bond acceptors (Lipinski definition) is 3. The van der Waals surface area contributed by atoms with Gasteiger partial charge in [-0.15, -0.1) is 0 Å². The monoisotopic (exact) mass is 374 g/mol. The smallest absolute Gasteiger partial charge is 0.163 e. The summed E-state index contributed by atoms with van der Waals surface area (Å²) >= 11 is 0. The largest absolute Gasteiger partial charge is 0.489 e. The van der Waals surface area contributed by atoms with Gasteiger partial charge in [0.1, 0.15) is 18.2 Å². The Balaban J connectivity index is 1.32. The maximum atomic E-state index is 13.6. The number of ketones is 1. The summed E-state index contributed by atoms with van der Waals surface area (Å²) in [7, 11) is 0. The molecule has 0 unspecified atom stereocenters. The first-order valence-corrected chi connectivity index (χ1v) is 9.09. The van der Waals surface area contributed by atoms with Crippen molar-refractivity contribution >= 4 is 11.3 Å². The molecule has 0 aliphatic heterocycles. The van der Waals surface area contributed by atoms with Crippen LogP contribution >= 0.6 is 0 Å². The molecule has 5 heteroatoms. The van der Waals surface area contributed by atoms with Crippen LogP contribution in [0.15, 0.2) is 79.4 Å². The Morgan fingerprint density at radius 3 is 2.71 bits per heavy atom. The quantitative estimate of drug-likeness (QED) is 0.434. The number of hydrogen-bond donors (Lipinski definition) is 0. The lowest BCUT2D eigenvalue weighted by molar-refractivity contribution is 0.0983. The number of ether oxygens (including phenoxy) is 1. The van der Waals surface area contributed by atoms with E-state index < -0.39 is 0 Å². The second kappa shape index (κ2) is 8.05. The van der Waals surface area contributed by atoms with E-state index in [0.29, 0.717) is 29.7 Å². The lowest BCUT2D eigenvalue weighted by Crippen LogP contribution is -2.02. The number of fused-ring (bicyclic) bond motifs is 1. The van der Waals surface area contributed by atoms with Crippen LogP contribution in [0, 0.1) is 5.82 Å². The van der Waals surface area contributed by atoms with Crippen LogP contribution in [0.1, 0.15) is 27.9 Å². The van der Waals surface area contributed by atoms with Crippen molar-refractivity contribution < 1.29 is 13.9 Å². The Hall–Kier alpha value is -3.47. The molecule has 4 nitrogen and oxygen atoms in total. The molecule has 28 heavy (non-hydrogen) atoms. The molecule has 140 valence electrons. The van der Waals surface area contributed by atoms with Crippen molar-refractivity contribution in [3.8, 4) is 5.75 Å². The van der Waals surface area contributed by atoms with Crippen LogP contribution in [0.2, 0.25) is 0 Å². The first-order valence-electron chi connectivity index (χ1n) is 9.09. The molecule has 0 N–H and O–H groups in total. The number of aryl methyl sites for hydroxylation is 1. The van der Waals surface area contributed by atoms with Crippen LogP contribution in [-0.2, 0) is 13.0 Å². The molecule has 0 atom stereocenters. The van der Waals surface area contributed by atoms with E-state index in [1.54, 1.807) is 30.7 Å². The average Bonchev–Trinajstić information content (AvgIpc) is 3.20. The van der Waals surface area contributed by atoms with E-state index >= 15 is 0 Å². The zero-order valence-electron chi connectivity index (χ0n) is 15.2. The van der Waals surface area contributed by atoms with E-state index in [-0.39, 0.29) is 18.2 Å². The van der Waals surface area contributed by atoms with Gasteiger partial charge in [0.25, 0.3) is 0 Å². The standard InChI is InChI=1S/C23H19FN2O2/c24-22-4-2-1-3-19(22)15-28-21-8-5-17(6-9-21)7-10-23(27)18-11-12-26-16-25-14-20(26)13-18/h1-6,8-9,11-14,16H,7,10,15H2. The van der Waals surface area contributed by atoms with E-state index in [2.05, 4.69) is 4.98 Å². The number of rotatable bonds is 7. The van der Waals surface area contributed by atoms with Crippen LogP contribution < -0.4 is 4.74 Å². The Labute approximate surface area is 162 Å². The molecule has 0 saturated carbocycles. The van der Waals surface area contributed by atoms with Crippen molar-refractivity contribution in [2.75, 3.05) is 0 Å². The average molecular weight is 374 g/mol. The van der Waals surface area contributed by atoms with Gasteiger partial charge in [0.15, 0.2) is 5.78 Å². The predicted octanol–water partition coefficient (Wildman–Crippen LogP) is 4.87. The summed E-state index contributed by atoms with van der Waals surface area (Å²) in [4.78, 5) is 16.5. The van der Waals surface area contributed by atoms with E-state index in [4.69, 9.17) is 4.74 Å². The minimum Gasteiger partial charge on any atom is -0.489 e.